The van der Waals surface area contributed by atoms with Gasteiger partial charge < -0.3 is 15.0 Å². The van der Waals surface area contributed by atoms with Gasteiger partial charge in [-0.3, -0.25) is 4.79 Å². The van der Waals surface area contributed by atoms with Gasteiger partial charge in [-0.25, -0.2) is 4.98 Å². The highest BCUT2D eigenvalue weighted by atomic mass is 16.4. The SMILES string of the molecule is Cc1ccc2nc(CC3CN(C(C)C)CCC3CC(=O)O)[nH]c2c1. The number of nitrogens with one attached hydrogen (secondary N) is 1. The molecule has 24 heavy (non-hydrogen) atoms. The Balaban J connectivity index is 1.79. The highest BCUT2D eigenvalue weighted by Crippen LogP contribution is 2.30. The van der Waals surface area contributed by atoms with E-state index in [1.165, 1.54) is 5.56 Å². The Morgan fingerprint density at radius 1 is 1.42 bits per heavy atom. The lowest BCUT2D eigenvalue weighted by Crippen LogP contribution is -2.45. The Labute approximate surface area is 143 Å². The molecule has 1 saturated heterocycles. The lowest BCUT2D eigenvalue weighted by atomic mass is 9.80. The molecule has 2 N–H and O–H groups in total. The third-order valence-electron chi connectivity index (χ3n) is 5.23. The minimum Gasteiger partial charge on any atom is -0.481 e. The van der Waals surface area contributed by atoms with Crippen LogP contribution in [0.15, 0.2) is 18.2 Å². The maximum atomic E-state index is 11.2. The van der Waals surface area contributed by atoms with Crippen LogP contribution < -0.4 is 0 Å². The van der Waals surface area contributed by atoms with Gasteiger partial charge in [-0.05, 0) is 63.3 Å². The van der Waals surface area contributed by atoms with E-state index in [0.29, 0.717) is 12.0 Å². The van der Waals surface area contributed by atoms with Gasteiger partial charge in [0.1, 0.15) is 5.82 Å². The molecule has 5 heteroatoms. The number of hydrogen-bond acceptors (Lipinski definition) is 3. The first kappa shape index (κ1) is 17.0. The molecule has 2 unspecified atom stereocenters. The summed E-state index contributed by atoms with van der Waals surface area (Å²) in [4.78, 5) is 21.8. The number of benzene rings is 1. The van der Waals surface area contributed by atoms with E-state index >= 15 is 0 Å². The lowest BCUT2D eigenvalue weighted by molar-refractivity contribution is -0.139. The zero-order valence-electron chi connectivity index (χ0n) is 14.7. The molecule has 0 amide bonds. The number of rotatable bonds is 5. The van der Waals surface area contributed by atoms with Crippen LogP contribution >= 0.6 is 0 Å². The smallest absolute Gasteiger partial charge is 0.303 e. The third-order valence-corrected chi connectivity index (χ3v) is 5.23. The van der Waals surface area contributed by atoms with E-state index in [9.17, 15) is 9.90 Å². The van der Waals surface area contributed by atoms with Gasteiger partial charge in [0.15, 0.2) is 0 Å². The zero-order chi connectivity index (χ0) is 17.3. The van der Waals surface area contributed by atoms with Gasteiger partial charge in [-0.1, -0.05) is 6.07 Å². The molecule has 0 saturated carbocycles. The summed E-state index contributed by atoms with van der Waals surface area (Å²) < 4.78 is 0. The number of carbonyl (C=O) groups is 1. The van der Waals surface area contributed by atoms with Gasteiger partial charge >= 0.3 is 5.97 Å². The molecular formula is C19H27N3O2. The van der Waals surface area contributed by atoms with Crippen molar-refractivity contribution < 1.29 is 9.90 Å². The van der Waals surface area contributed by atoms with E-state index < -0.39 is 5.97 Å². The fraction of sp³-hybridized carbons (Fsp3) is 0.579. The predicted molar refractivity (Wildman–Crippen MR) is 95.1 cm³/mol. The fourth-order valence-electron chi connectivity index (χ4n) is 3.82. The number of aryl methyl sites for hydroxylation is 1. The van der Waals surface area contributed by atoms with Crippen molar-refractivity contribution in [2.24, 2.45) is 11.8 Å². The van der Waals surface area contributed by atoms with E-state index in [1.807, 2.05) is 6.07 Å². The maximum Gasteiger partial charge on any atom is 0.303 e. The second kappa shape index (κ2) is 6.93. The summed E-state index contributed by atoms with van der Waals surface area (Å²) >= 11 is 0. The van der Waals surface area contributed by atoms with Crippen LogP contribution in [0.5, 0.6) is 0 Å². The summed E-state index contributed by atoms with van der Waals surface area (Å²) in [5, 5.41) is 9.23. The van der Waals surface area contributed by atoms with Crippen LogP contribution in [0.1, 0.15) is 38.1 Å². The third kappa shape index (κ3) is 3.78. The van der Waals surface area contributed by atoms with Crippen molar-refractivity contribution in [2.75, 3.05) is 13.1 Å². The first-order chi connectivity index (χ1) is 11.4. The van der Waals surface area contributed by atoms with Gasteiger partial charge in [0.05, 0.1) is 11.0 Å². The Bertz CT molecular complexity index is 722. The number of aromatic nitrogens is 2. The largest absolute Gasteiger partial charge is 0.481 e. The molecule has 3 rings (SSSR count). The van der Waals surface area contributed by atoms with Crippen molar-refractivity contribution in [3.05, 3.63) is 29.6 Å². The number of aromatic amines is 1. The molecule has 2 aromatic rings. The molecule has 2 atom stereocenters. The Morgan fingerprint density at radius 2 is 2.21 bits per heavy atom. The topological polar surface area (TPSA) is 69.2 Å². The van der Waals surface area contributed by atoms with Gasteiger partial charge in [0.2, 0.25) is 0 Å². The number of carboxylic acids is 1. The normalized spacial score (nSPS) is 22.3. The second-order valence-corrected chi connectivity index (χ2v) is 7.40. The van der Waals surface area contributed by atoms with Gasteiger partial charge in [-0.2, -0.15) is 0 Å². The number of nitrogens with zero attached hydrogens (tertiary/aromatic N) is 2. The van der Waals surface area contributed by atoms with Gasteiger partial charge in [0, 0.05) is 25.4 Å². The summed E-state index contributed by atoms with van der Waals surface area (Å²) in [6, 6.07) is 6.72. The Hall–Kier alpha value is -1.88. The van der Waals surface area contributed by atoms with Crippen LogP contribution in [-0.2, 0) is 11.2 Å². The van der Waals surface area contributed by atoms with Crippen LogP contribution in [0, 0.1) is 18.8 Å². The summed E-state index contributed by atoms with van der Waals surface area (Å²) in [7, 11) is 0. The summed E-state index contributed by atoms with van der Waals surface area (Å²) in [6.07, 6.45) is 2.03. The van der Waals surface area contributed by atoms with Crippen molar-refractivity contribution in [1.29, 1.82) is 0 Å². The minimum atomic E-state index is -0.691. The zero-order valence-corrected chi connectivity index (χ0v) is 14.7. The highest BCUT2D eigenvalue weighted by Gasteiger charge is 2.32. The van der Waals surface area contributed by atoms with Gasteiger partial charge in [0.25, 0.3) is 0 Å². The number of H-pyrrole nitrogens is 1. The molecule has 130 valence electrons. The Morgan fingerprint density at radius 3 is 2.92 bits per heavy atom. The summed E-state index contributed by atoms with van der Waals surface area (Å²) in [5.74, 6) is 0.844. The molecule has 5 nitrogen and oxygen atoms in total. The molecule has 0 radical (unpaired) electrons. The average Bonchev–Trinajstić information content (AvgIpc) is 2.89. The van der Waals surface area contributed by atoms with Crippen LogP contribution in [0.25, 0.3) is 11.0 Å². The van der Waals surface area contributed by atoms with E-state index in [-0.39, 0.29) is 12.3 Å². The van der Waals surface area contributed by atoms with E-state index in [1.54, 1.807) is 0 Å². The lowest BCUT2D eigenvalue weighted by Gasteiger charge is -2.40. The highest BCUT2D eigenvalue weighted by molar-refractivity contribution is 5.75. The number of aliphatic carboxylic acids is 1. The van der Waals surface area contributed by atoms with Gasteiger partial charge in [-0.15, -0.1) is 0 Å². The number of piperidine rings is 1. The summed E-state index contributed by atoms with van der Waals surface area (Å²) in [5.41, 5.74) is 3.27. The van der Waals surface area contributed by atoms with E-state index in [2.05, 4.69) is 42.8 Å². The van der Waals surface area contributed by atoms with Crippen LogP contribution in [0.4, 0.5) is 0 Å². The molecule has 0 bridgehead atoms. The quantitative estimate of drug-likeness (QED) is 0.883. The molecular weight excluding hydrogens is 302 g/mol. The molecule has 0 aliphatic carbocycles. The van der Waals surface area contributed by atoms with Crippen LogP contribution in [0.3, 0.4) is 0 Å². The predicted octanol–water partition coefficient (Wildman–Crippen LogP) is 3.24. The average molecular weight is 329 g/mol. The molecule has 1 aromatic carbocycles. The van der Waals surface area contributed by atoms with Crippen molar-refractivity contribution in [3.63, 3.8) is 0 Å². The molecule has 1 fully saturated rings. The summed E-state index contributed by atoms with van der Waals surface area (Å²) in [6.45, 7) is 8.43. The number of imidazole rings is 1. The first-order valence-electron chi connectivity index (χ1n) is 8.83. The molecule has 0 spiro atoms. The number of hydrogen-bond donors (Lipinski definition) is 2. The minimum absolute atomic E-state index is 0.229. The van der Waals surface area contributed by atoms with Crippen molar-refractivity contribution >= 4 is 17.0 Å². The van der Waals surface area contributed by atoms with Crippen LogP contribution in [-0.4, -0.2) is 45.1 Å². The van der Waals surface area contributed by atoms with Crippen molar-refractivity contribution in [3.8, 4) is 0 Å². The van der Waals surface area contributed by atoms with Crippen LogP contribution in [0.2, 0.25) is 0 Å². The fourth-order valence-corrected chi connectivity index (χ4v) is 3.82. The van der Waals surface area contributed by atoms with E-state index in [0.717, 1.165) is 42.8 Å². The Kier molecular flexibility index (Phi) is 4.90. The van der Waals surface area contributed by atoms with Crippen molar-refractivity contribution in [2.45, 2.75) is 46.1 Å². The standard InChI is InChI=1S/C19H27N3O2/c1-12(2)22-7-6-14(10-19(23)24)15(11-22)9-18-20-16-5-4-13(3)8-17(16)21-18/h4-5,8,12,14-15H,6-7,9-11H2,1-3H3,(H,20,21)(H,23,24). The number of likely N-dealkylation sites (tertiary alicyclic amines) is 1. The monoisotopic (exact) mass is 329 g/mol. The molecule has 2 heterocycles. The van der Waals surface area contributed by atoms with Crippen molar-refractivity contribution in [1.82, 2.24) is 14.9 Å². The molecule has 1 aliphatic heterocycles. The molecule has 1 aliphatic rings. The molecule has 1 aromatic heterocycles. The number of carboxylic acid groups (broad SMARTS) is 1. The van der Waals surface area contributed by atoms with E-state index in [4.69, 9.17) is 4.98 Å². The number of fused-ring (bicyclic) bond motifs is 1. The second-order valence-electron chi connectivity index (χ2n) is 7.40. The maximum absolute atomic E-state index is 11.2. The first-order valence-corrected chi connectivity index (χ1v) is 8.83.